The van der Waals surface area contributed by atoms with E-state index in [1.54, 1.807) is 19.2 Å². The number of aromatic nitrogens is 2. The molecule has 0 bridgehead atoms. The highest BCUT2D eigenvalue weighted by Crippen LogP contribution is 2.26. The van der Waals surface area contributed by atoms with E-state index in [-0.39, 0.29) is 23.7 Å². The standard InChI is InChI=1S/C22H31FN4O2/c1-26(2)15-17-14-21(19-6-4-5-7-20(19)23)25-27(17)13-12-24-22(28)16-8-10-18(29-3)11-9-16/h4-7,14,16,18H,8-13,15H2,1-3H3,(H,24,28). The van der Waals surface area contributed by atoms with E-state index in [9.17, 15) is 9.18 Å². The molecule has 0 radical (unpaired) electrons. The van der Waals surface area contributed by atoms with Crippen molar-refractivity contribution in [2.24, 2.45) is 5.92 Å². The number of methoxy groups -OCH3 is 1. The first-order valence-corrected chi connectivity index (χ1v) is 10.2. The van der Waals surface area contributed by atoms with Gasteiger partial charge >= 0.3 is 0 Å². The second-order valence-corrected chi connectivity index (χ2v) is 7.96. The van der Waals surface area contributed by atoms with Crippen molar-refractivity contribution in [1.29, 1.82) is 0 Å². The fourth-order valence-electron chi connectivity index (χ4n) is 3.89. The molecule has 158 valence electrons. The maximum atomic E-state index is 14.2. The number of benzene rings is 1. The quantitative estimate of drug-likeness (QED) is 0.737. The van der Waals surface area contributed by atoms with Gasteiger partial charge in [0.1, 0.15) is 5.82 Å². The van der Waals surface area contributed by atoms with Crippen molar-refractivity contribution in [2.75, 3.05) is 27.7 Å². The second kappa shape index (κ2) is 9.98. The van der Waals surface area contributed by atoms with Crippen LogP contribution in [0.3, 0.4) is 0 Å². The van der Waals surface area contributed by atoms with Crippen LogP contribution in [0, 0.1) is 11.7 Å². The van der Waals surface area contributed by atoms with Crippen LogP contribution in [-0.4, -0.2) is 54.4 Å². The molecule has 0 saturated heterocycles. The molecule has 1 fully saturated rings. The number of rotatable bonds is 8. The highest BCUT2D eigenvalue weighted by molar-refractivity contribution is 5.78. The summed E-state index contributed by atoms with van der Waals surface area (Å²) in [5, 5.41) is 7.65. The first kappa shape index (κ1) is 21.5. The SMILES string of the molecule is COC1CCC(C(=O)NCCn2nc(-c3ccccc3F)cc2CN(C)C)CC1. The fraction of sp³-hybridized carbons (Fsp3) is 0.545. The normalized spacial score (nSPS) is 19.5. The summed E-state index contributed by atoms with van der Waals surface area (Å²) in [6, 6.07) is 8.58. The summed E-state index contributed by atoms with van der Waals surface area (Å²) in [5.74, 6) is -0.113. The molecule has 1 saturated carbocycles. The number of carbonyl (C=O) groups excluding carboxylic acids is 1. The zero-order chi connectivity index (χ0) is 20.8. The van der Waals surface area contributed by atoms with Gasteiger partial charge in [0.25, 0.3) is 0 Å². The lowest BCUT2D eigenvalue weighted by Crippen LogP contribution is -2.36. The van der Waals surface area contributed by atoms with Crippen LogP contribution in [-0.2, 0) is 22.6 Å². The molecule has 0 spiro atoms. The summed E-state index contributed by atoms with van der Waals surface area (Å²) in [6.07, 6.45) is 3.90. The highest BCUT2D eigenvalue weighted by Gasteiger charge is 2.26. The van der Waals surface area contributed by atoms with E-state index in [1.807, 2.05) is 35.8 Å². The molecule has 1 amide bonds. The molecule has 1 aliphatic carbocycles. The molecule has 0 atom stereocenters. The van der Waals surface area contributed by atoms with Gasteiger partial charge in [0.2, 0.25) is 5.91 Å². The Morgan fingerprint density at radius 2 is 2.00 bits per heavy atom. The van der Waals surface area contributed by atoms with Gasteiger partial charge in [0.05, 0.1) is 24.0 Å². The van der Waals surface area contributed by atoms with E-state index < -0.39 is 0 Å². The van der Waals surface area contributed by atoms with Crippen molar-refractivity contribution in [3.8, 4) is 11.3 Å². The van der Waals surface area contributed by atoms with Crippen LogP contribution in [0.15, 0.2) is 30.3 Å². The van der Waals surface area contributed by atoms with Gasteiger partial charge < -0.3 is 15.0 Å². The van der Waals surface area contributed by atoms with Gasteiger partial charge in [-0.05, 0) is 58.0 Å². The van der Waals surface area contributed by atoms with Crippen molar-refractivity contribution >= 4 is 5.91 Å². The third kappa shape index (κ3) is 5.64. The number of amides is 1. The van der Waals surface area contributed by atoms with E-state index in [2.05, 4.69) is 10.4 Å². The first-order valence-electron chi connectivity index (χ1n) is 10.2. The Balaban J connectivity index is 1.62. The van der Waals surface area contributed by atoms with Gasteiger partial charge in [-0.3, -0.25) is 9.48 Å². The third-order valence-electron chi connectivity index (χ3n) is 5.49. The number of carbonyl (C=O) groups is 1. The molecule has 0 aliphatic heterocycles. The maximum Gasteiger partial charge on any atom is 0.223 e. The Bertz CT molecular complexity index is 813. The summed E-state index contributed by atoms with van der Waals surface area (Å²) in [5.41, 5.74) is 2.09. The predicted molar refractivity (Wildman–Crippen MR) is 111 cm³/mol. The molecule has 3 rings (SSSR count). The van der Waals surface area contributed by atoms with Crippen LogP contribution in [0.5, 0.6) is 0 Å². The Hall–Kier alpha value is -2.25. The fourth-order valence-corrected chi connectivity index (χ4v) is 3.89. The van der Waals surface area contributed by atoms with Crippen LogP contribution in [0.25, 0.3) is 11.3 Å². The monoisotopic (exact) mass is 402 g/mol. The van der Waals surface area contributed by atoms with Gasteiger partial charge in [0.15, 0.2) is 0 Å². The molecule has 2 aromatic rings. The van der Waals surface area contributed by atoms with Gasteiger partial charge in [-0.1, -0.05) is 12.1 Å². The Morgan fingerprint density at radius 3 is 2.66 bits per heavy atom. The molecule has 1 N–H and O–H groups in total. The number of hydrogen-bond acceptors (Lipinski definition) is 4. The first-order chi connectivity index (χ1) is 14.0. The third-order valence-corrected chi connectivity index (χ3v) is 5.49. The predicted octanol–water partition coefficient (Wildman–Crippen LogP) is 3.07. The molecule has 6 nitrogen and oxygen atoms in total. The largest absolute Gasteiger partial charge is 0.381 e. The topological polar surface area (TPSA) is 59.4 Å². The van der Waals surface area contributed by atoms with E-state index in [0.29, 0.717) is 30.9 Å². The Labute approximate surface area is 172 Å². The van der Waals surface area contributed by atoms with Crippen LogP contribution in [0.4, 0.5) is 4.39 Å². The summed E-state index contributed by atoms with van der Waals surface area (Å²) in [6.45, 7) is 1.75. The van der Waals surface area contributed by atoms with Crippen LogP contribution in [0.2, 0.25) is 0 Å². The smallest absolute Gasteiger partial charge is 0.223 e. The van der Waals surface area contributed by atoms with Crippen molar-refractivity contribution in [3.63, 3.8) is 0 Å². The molecule has 1 aliphatic rings. The number of ether oxygens (including phenoxy) is 1. The van der Waals surface area contributed by atoms with Crippen LogP contribution in [0.1, 0.15) is 31.4 Å². The van der Waals surface area contributed by atoms with Crippen molar-refractivity contribution < 1.29 is 13.9 Å². The van der Waals surface area contributed by atoms with E-state index >= 15 is 0 Å². The highest BCUT2D eigenvalue weighted by atomic mass is 19.1. The van der Waals surface area contributed by atoms with Gasteiger partial charge in [0, 0.05) is 31.7 Å². The average molecular weight is 403 g/mol. The van der Waals surface area contributed by atoms with Crippen LogP contribution < -0.4 is 5.32 Å². The van der Waals surface area contributed by atoms with Crippen molar-refractivity contribution in [2.45, 2.75) is 44.9 Å². The van der Waals surface area contributed by atoms with Crippen molar-refractivity contribution in [1.82, 2.24) is 20.0 Å². The summed E-state index contributed by atoms with van der Waals surface area (Å²) < 4.78 is 21.4. The Kier molecular flexibility index (Phi) is 7.39. The minimum atomic E-state index is -0.284. The lowest BCUT2D eigenvalue weighted by atomic mass is 9.87. The second-order valence-electron chi connectivity index (χ2n) is 7.96. The number of halogens is 1. The Morgan fingerprint density at radius 1 is 1.28 bits per heavy atom. The maximum absolute atomic E-state index is 14.2. The lowest BCUT2D eigenvalue weighted by Gasteiger charge is -2.26. The molecular formula is C22H31FN4O2. The zero-order valence-corrected chi connectivity index (χ0v) is 17.5. The van der Waals surface area contributed by atoms with Gasteiger partial charge in [-0.25, -0.2) is 4.39 Å². The number of nitrogens with zero attached hydrogens (tertiary/aromatic N) is 3. The molecule has 0 unspecified atom stereocenters. The molecule has 1 aromatic heterocycles. The molecule has 1 aromatic carbocycles. The number of hydrogen-bond donors (Lipinski definition) is 1. The molecular weight excluding hydrogens is 371 g/mol. The van der Waals surface area contributed by atoms with Gasteiger partial charge in [-0.2, -0.15) is 5.10 Å². The minimum Gasteiger partial charge on any atom is -0.381 e. The van der Waals surface area contributed by atoms with Crippen molar-refractivity contribution in [3.05, 3.63) is 41.8 Å². The average Bonchev–Trinajstić information content (AvgIpc) is 3.10. The molecule has 7 heteroatoms. The van der Waals surface area contributed by atoms with Crippen LogP contribution >= 0.6 is 0 Å². The zero-order valence-electron chi connectivity index (χ0n) is 17.5. The summed E-state index contributed by atoms with van der Waals surface area (Å²) in [4.78, 5) is 14.5. The summed E-state index contributed by atoms with van der Waals surface area (Å²) in [7, 11) is 5.70. The molecule has 29 heavy (non-hydrogen) atoms. The van der Waals surface area contributed by atoms with E-state index in [1.165, 1.54) is 6.07 Å². The van der Waals surface area contributed by atoms with Gasteiger partial charge in [-0.15, -0.1) is 0 Å². The van der Waals surface area contributed by atoms with E-state index in [0.717, 1.165) is 31.4 Å². The molecule has 1 heterocycles. The number of nitrogens with one attached hydrogen (secondary N) is 1. The lowest BCUT2D eigenvalue weighted by molar-refractivity contribution is -0.126. The minimum absolute atomic E-state index is 0.0641. The summed E-state index contributed by atoms with van der Waals surface area (Å²) >= 11 is 0. The van der Waals surface area contributed by atoms with E-state index in [4.69, 9.17) is 4.74 Å².